The molecule has 4 aliphatic rings. The van der Waals surface area contributed by atoms with Crippen molar-refractivity contribution in [1.82, 2.24) is 0 Å². The number of aromatic nitrogens is 5. The van der Waals surface area contributed by atoms with Gasteiger partial charge in [0.1, 0.15) is 35.2 Å². The highest BCUT2D eigenvalue weighted by Gasteiger charge is 2.29. The Balaban J connectivity index is 0.000000124. The lowest BCUT2D eigenvalue weighted by atomic mass is 9.82. The topological polar surface area (TPSA) is 19.4 Å². The highest BCUT2D eigenvalue weighted by atomic mass is 15.0. The summed E-state index contributed by atoms with van der Waals surface area (Å²) in [7, 11) is 10.7. The SMILES string of the molecule is Cc1cc(C)c(C)c(-c2c3ccccc3cc[n+]2C)c1.Cc1cc(C)c(C)c(-c2ccc3c(C4CCCC4)cccc3[n+]2C)c1.Cc1cc(C)c(C)c(-c2ccc3c(C4CCCCC4)cccc3[n+]2C)c1.[2H]C([2H])([2H])c1cc(C)cc(-c2ccc3ccc(C4CCCC4)cc3[n+]2C)c1C.[2H]C([2H])([2H])c1cc(C)cc(-c2ccc3ccc(C4CCCCC4)cc3[n+]2C)c1C. The maximum Gasteiger partial charge on any atom is 0.220 e. The summed E-state index contributed by atoms with van der Waals surface area (Å²) in [6, 6.07) is 77.7. The van der Waals surface area contributed by atoms with Gasteiger partial charge < -0.3 is 0 Å². The van der Waals surface area contributed by atoms with Gasteiger partial charge in [0.15, 0.2) is 6.20 Å². The van der Waals surface area contributed by atoms with Crippen molar-refractivity contribution in [2.24, 2.45) is 35.2 Å². The Morgan fingerprint density at radius 2 is 0.574 bits per heavy atom. The lowest BCUT2D eigenvalue weighted by Gasteiger charge is -2.23. The molecule has 0 spiro atoms. The lowest BCUT2D eigenvalue weighted by molar-refractivity contribution is -0.659. The van der Waals surface area contributed by atoms with Crippen molar-refractivity contribution in [3.05, 3.63) is 324 Å². The van der Waals surface area contributed by atoms with Gasteiger partial charge in [0.05, 0.1) is 10.9 Å². The van der Waals surface area contributed by atoms with Crippen LogP contribution in [0.25, 0.3) is 111 Å². The van der Waals surface area contributed by atoms with Crippen LogP contribution in [0, 0.1) is 104 Å². The van der Waals surface area contributed by atoms with E-state index in [4.69, 9.17) is 8.22 Å². The number of pyridine rings is 5. The lowest BCUT2D eigenvalue weighted by Crippen LogP contribution is -2.32. The van der Waals surface area contributed by atoms with Crippen LogP contribution in [0.15, 0.2) is 219 Å². The molecule has 0 atom stereocenters. The number of benzene rings is 10. The molecule has 15 aromatic rings. The van der Waals surface area contributed by atoms with Crippen molar-refractivity contribution in [2.75, 3.05) is 0 Å². The molecule has 4 fully saturated rings. The molecular weight excluding hydrogens is 1480 g/mol. The van der Waals surface area contributed by atoms with Crippen LogP contribution in [-0.2, 0) is 35.2 Å². The maximum absolute atomic E-state index is 7.92. The van der Waals surface area contributed by atoms with E-state index >= 15 is 0 Å². The van der Waals surface area contributed by atoms with Crippen molar-refractivity contribution in [2.45, 2.75) is 243 Å². The molecule has 0 amide bonds. The van der Waals surface area contributed by atoms with Gasteiger partial charge in [-0.15, -0.1) is 0 Å². The summed E-state index contributed by atoms with van der Waals surface area (Å²) in [6.07, 6.45) is 26.3. The van der Waals surface area contributed by atoms with Crippen molar-refractivity contribution in [1.29, 1.82) is 0 Å². The summed E-state index contributed by atoms with van der Waals surface area (Å²) in [5.74, 6) is 2.83. The first kappa shape index (κ1) is 78.5. The third kappa shape index (κ3) is 18.2. The quantitative estimate of drug-likeness (QED) is 0.128. The number of hydrogen-bond acceptors (Lipinski definition) is 0. The minimum absolute atomic E-state index is 0.447. The van der Waals surface area contributed by atoms with Gasteiger partial charge in [0.25, 0.3) is 0 Å². The fraction of sp³-hybridized carbons (Fsp3) is 0.359. The highest BCUT2D eigenvalue weighted by Crippen LogP contribution is 2.42. The van der Waals surface area contributed by atoms with Gasteiger partial charge >= 0.3 is 0 Å². The Kier molecular flexibility index (Phi) is 24.1. The molecule has 0 bridgehead atoms. The molecule has 5 heterocycles. The van der Waals surface area contributed by atoms with Crippen LogP contribution >= 0.6 is 0 Å². The van der Waals surface area contributed by atoms with Crippen LogP contribution < -0.4 is 22.8 Å². The smallest absolute Gasteiger partial charge is 0.200 e. The molecule has 5 aromatic heterocycles. The van der Waals surface area contributed by atoms with E-state index < -0.39 is 13.7 Å². The molecular formula is C117H136N5+5. The van der Waals surface area contributed by atoms with Gasteiger partial charge in [-0.3, -0.25) is 0 Å². The summed E-state index contributed by atoms with van der Waals surface area (Å²) >= 11 is 0. The van der Waals surface area contributed by atoms with E-state index in [0.29, 0.717) is 23.0 Å². The Hall–Kier alpha value is -10.8. The van der Waals surface area contributed by atoms with E-state index in [9.17, 15) is 0 Å². The maximum atomic E-state index is 7.92. The normalized spacial score (nSPS) is 15.6. The Bertz CT molecular complexity index is 6680. The summed E-state index contributed by atoms with van der Waals surface area (Å²) in [5, 5.41) is 7.91. The predicted molar refractivity (Wildman–Crippen MR) is 518 cm³/mol. The highest BCUT2D eigenvalue weighted by molar-refractivity contribution is 5.94. The van der Waals surface area contributed by atoms with Crippen molar-refractivity contribution >= 4 is 54.4 Å². The van der Waals surface area contributed by atoms with Crippen LogP contribution in [0.1, 0.15) is 253 Å². The van der Waals surface area contributed by atoms with E-state index in [2.05, 4.69) is 327 Å². The molecule has 4 aliphatic carbocycles. The summed E-state index contributed by atoms with van der Waals surface area (Å²) in [6.45, 7) is 23.5. The molecule has 19 rings (SSSR count). The fourth-order valence-corrected chi connectivity index (χ4v) is 21.1. The van der Waals surface area contributed by atoms with Crippen LogP contribution in [0.5, 0.6) is 0 Å². The zero-order valence-electron chi connectivity index (χ0n) is 82.6. The van der Waals surface area contributed by atoms with Crippen molar-refractivity contribution in [3.63, 3.8) is 0 Å². The van der Waals surface area contributed by atoms with Crippen LogP contribution in [0.3, 0.4) is 0 Å². The fourth-order valence-electron chi connectivity index (χ4n) is 21.1. The van der Waals surface area contributed by atoms with Gasteiger partial charge in [0, 0.05) is 107 Å². The van der Waals surface area contributed by atoms with Crippen molar-refractivity contribution in [3.8, 4) is 56.3 Å². The van der Waals surface area contributed by atoms with Crippen LogP contribution in [0.2, 0.25) is 0 Å². The molecule has 4 saturated carbocycles. The molecule has 10 aromatic carbocycles. The van der Waals surface area contributed by atoms with E-state index in [1.807, 2.05) is 27.7 Å². The first-order valence-electron chi connectivity index (χ1n) is 48.8. The van der Waals surface area contributed by atoms with E-state index in [1.165, 1.54) is 265 Å². The van der Waals surface area contributed by atoms with Gasteiger partial charge in [-0.2, -0.15) is 18.3 Å². The predicted octanol–water partition coefficient (Wildman–Crippen LogP) is 28.7. The van der Waals surface area contributed by atoms with Gasteiger partial charge in [0.2, 0.25) is 50.5 Å². The standard InChI is InChI=1S/2C25H30N.2C24H28N.C19H20N/c1-17-15-18(2)19(3)23(16-17)25-14-13-22-21(20-9-6-5-7-10-20)11-8-12-24(22)26(25)4;1-17-14-18(2)19(3)23(15-17)24-13-12-21-10-11-22(16-25(21)26(24)4)20-8-6-5-7-9-20;1-16-14-17(2)18(3)22(15-16)24-13-12-21-20(19-8-5-6-9-19)10-7-11-23(21)25(24)4;1-16-13-17(2)18(3)22(14-16)23-12-11-20-9-10-21(15-24(20)25(23)4)19-7-5-6-8-19;1-13-11-14(2)15(3)18(12-13)19-17-8-6-5-7-16(17)9-10-20(19)4/h8,11-16,20H,5-7,9-10H2,1-4H3;10-16,20H,5-9H2,1-4H3;7,10-15,19H,5-6,8-9H2,1-4H3;9-15,19H,5-8H2,1-4H3;5-12H,1-4H3/q5*+1/i;2D3;;2D3;. The molecule has 0 saturated heterocycles. The third-order valence-electron chi connectivity index (χ3n) is 28.6. The van der Waals surface area contributed by atoms with Gasteiger partial charge in [-0.05, 0) is 335 Å². The van der Waals surface area contributed by atoms with E-state index in [0.717, 1.165) is 56.6 Å². The molecule has 0 aliphatic heterocycles. The number of rotatable bonds is 9. The molecule has 122 heavy (non-hydrogen) atoms. The van der Waals surface area contributed by atoms with E-state index in [1.54, 1.807) is 23.3 Å². The number of aryl methyl sites for hydroxylation is 15. The van der Waals surface area contributed by atoms with Crippen LogP contribution in [-0.4, -0.2) is 0 Å². The zero-order chi connectivity index (χ0) is 90.9. The number of hydrogen-bond donors (Lipinski definition) is 0. The minimum Gasteiger partial charge on any atom is -0.200 e. The Labute approximate surface area is 739 Å². The first-order valence-corrected chi connectivity index (χ1v) is 45.8. The summed E-state index contributed by atoms with van der Waals surface area (Å²) in [5.41, 5.74) is 39.9. The first-order chi connectivity index (χ1) is 61.2. The molecule has 0 radical (unpaired) electrons. The minimum atomic E-state index is -2.10. The molecule has 0 N–H and O–H groups in total. The second-order valence-corrected chi connectivity index (χ2v) is 37.0. The van der Waals surface area contributed by atoms with E-state index in [-0.39, 0.29) is 0 Å². The number of nitrogens with zero attached hydrogens (tertiary/aromatic N) is 5. The monoisotopic (exact) mass is 1620 g/mol. The molecule has 0 unspecified atom stereocenters. The summed E-state index contributed by atoms with van der Waals surface area (Å²) in [4.78, 5) is 0. The Morgan fingerprint density at radius 1 is 0.254 bits per heavy atom. The number of fused-ring (bicyclic) bond motifs is 5. The largest absolute Gasteiger partial charge is 0.220 e. The Morgan fingerprint density at radius 3 is 0.967 bits per heavy atom. The summed E-state index contributed by atoms with van der Waals surface area (Å²) < 4.78 is 58.9. The zero-order valence-corrected chi connectivity index (χ0v) is 76.6. The van der Waals surface area contributed by atoms with Gasteiger partial charge in [-0.1, -0.05) is 177 Å². The second-order valence-electron chi connectivity index (χ2n) is 37.0. The molecule has 5 nitrogen and oxygen atoms in total. The third-order valence-corrected chi connectivity index (χ3v) is 28.6. The van der Waals surface area contributed by atoms with Gasteiger partial charge in [-0.25, -0.2) is 4.57 Å². The molecule has 5 heteroatoms. The van der Waals surface area contributed by atoms with Crippen LogP contribution in [0.4, 0.5) is 0 Å². The second kappa shape index (κ2) is 37.5. The molecule has 624 valence electrons. The average Bonchev–Trinajstić information content (AvgIpc) is 0.849. The van der Waals surface area contributed by atoms with Crippen molar-refractivity contribution < 1.29 is 31.1 Å². The average molecular weight is 1620 g/mol.